The van der Waals surface area contributed by atoms with Gasteiger partial charge in [-0.1, -0.05) is 47.6 Å². The van der Waals surface area contributed by atoms with Crippen molar-refractivity contribution in [1.29, 1.82) is 0 Å². The quantitative estimate of drug-likeness (QED) is 0.706. The number of rotatable bonds is 5. The van der Waals surface area contributed by atoms with Gasteiger partial charge in [0.15, 0.2) is 0 Å². The molecule has 1 aromatic carbocycles. The van der Waals surface area contributed by atoms with Gasteiger partial charge in [0.2, 0.25) is 0 Å². The standard InChI is InChI=1S/C17H28FN/c1-7-10-19(12-17(4,5)6)16-11-14(13(2)3)8-9-15(16)18/h8-9,11,13H,7,10,12H2,1-6H3. The minimum Gasteiger partial charge on any atom is -0.369 e. The summed E-state index contributed by atoms with van der Waals surface area (Å²) in [7, 11) is 0. The normalized spacial score (nSPS) is 12.0. The first-order valence-corrected chi connectivity index (χ1v) is 7.29. The van der Waals surface area contributed by atoms with Gasteiger partial charge < -0.3 is 4.90 Å². The van der Waals surface area contributed by atoms with E-state index in [2.05, 4.69) is 46.4 Å². The highest BCUT2D eigenvalue weighted by atomic mass is 19.1. The second kappa shape index (κ2) is 6.40. The van der Waals surface area contributed by atoms with E-state index in [9.17, 15) is 4.39 Å². The van der Waals surface area contributed by atoms with Crippen molar-refractivity contribution >= 4 is 5.69 Å². The van der Waals surface area contributed by atoms with Gasteiger partial charge in [-0.05, 0) is 35.4 Å². The van der Waals surface area contributed by atoms with Crippen molar-refractivity contribution in [2.24, 2.45) is 5.41 Å². The number of nitrogens with zero attached hydrogens (tertiary/aromatic N) is 1. The number of hydrogen-bond acceptors (Lipinski definition) is 1. The Bertz CT molecular complexity index is 404. The summed E-state index contributed by atoms with van der Waals surface area (Å²) < 4.78 is 14.1. The molecule has 0 fully saturated rings. The zero-order valence-electron chi connectivity index (χ0n) is 13.3. The summed E-state index contributed by atoms with van der Waals surface area (Å²) in [6, 6.07) is 5.52. The van der Waals surface area contributed by atoms with E-state index >= 15 is 0 Å². The van der Waals surface area contributed by atoms with Crippen LogP contribution in [0, 0.1) is 11.2 Å². The van der Waals surface area contributed by atoms with Gasteiger partial charge in [-0.15, -0.1) is 0 Å². The maximum atomic E-state index is 14.1. The monoisotopic (exact) mass is 265 g/mol. The van der Waals surface area contributed by atoms with E-state index in [0.29, 0.717) is 5.92 Å². The molecule has 0 atom stereocenters. The topological polar surface area (TPSA) is 3.24 Å². The van der Waals surface area contributed by atoms with Crippen molar-refractivity contribution in [3.63, 3.8) is 0 Å². The maximum absolute atomic E-state index is 14.1. The Morgan fingerprint density at radius 2 is 1.84 bits per heavy atom. The van der Waals surface area contributed by atoms with Gasteiger partial charge in [-0.2, -0.15) is 0 Å². The Kier molecular flexibility index (Phi) is 5.39. The first-order valence-electron chi connectivity index (χ1n) is 7.29. The number of halogens is 1. The second-order valence-electron chi connectivity index (χ2n) is 6.85. The summed E-state index contributed by atoms with van der Waals surface area (Å²) in [4.78, 5) is 2.18. The van der Waals surface area contributed by atoms with Crippen LogP contribution in [0.3, 0.4) is 0 Å². The third-order valence-electron chi connectivity index (χ3n) is 3.14. The van der Waals surface area contributed by atoms with Crippen LogP contribution in [-0.4, -0.2) is 13.1 Å². The van der Waals surface area contributed by atoms with Crippen molar-refractivity contribution in [1.82, 2.24) is 0 Å². The zero-order valence-corrected chi connectivity index (χ0v) is 13.3. The molecule has 0 unspecified atom stereocenters. The Morgan fingerprint density at radius 1 is 1.21 bits per heavy atom. The van der Waals surface area contributed by atoms with Crippen LogP contribution in [0.5, 0.6) is 0 Å². The molecular formula is C17H28FN. The molecule has 0 radical (unpaired) electrons. The summed E-state index contributed by atoms with van der Waals surface area (Å²) in [5.74, 6) is 0.319. The second-order valence-corrected chi connectivity index (χ2v) is 6.85. The van der Waals surface area contributed by atoms with Crippen LogP contribution in [0.15, 0.2) is 18.2 Å². The lowest BCUT2D eigenvalue weighted by atomic mass is 9.95. The number of hydrogen-bond donors (Lipinski definition) is 0. The Hall–Kier alpha value is -1.05. The van der Waals surface area contributed by atoms with Gasteiger partial charge >= 0.3 is 0 Å². The molecule has 0 amide bonds. The van der Waals surface area contributed by atoms with Crippen molar-refractivity contribution in [2.45, 2.75) is 53.9 Å². The first kappa shape index (κ1) is 16.0. The van der Waals surface area contributed by atoms with E-state index < -0.39 is 0 Å². The van der Waals surface area contributed by atoms with Crippen LogP contribution in [0.25, 0.3) is 0 Å². The van der Waals surface area contributed by atoms with Crippen LogP contribution >= 0.6 is 0 Å². The summed E-state index contributed by atoms with van der Waals surface area (Å²) in [5.41, 5.74) is 2.12. The van der Waals surface area contributed by atoms with Gasteiger partial charge in [-0.3, -0.25) is 0 Å². The molecule has 2 heteroatoms. The van der Waals surface area contributed by atoms with Crippen LogP contribution in [0.4, 0.5) is 10.1 Å². The van der Waals surface area contributed by atoms with Gasteiger partial charge in [0.25, 0.3) is 0 Å². The molecule has 108 valence electrons. The summed E-state index contributed by atoms with van der Waals surface area (Å²) in [6.07, 6.45) is 1.03. The van der Waals surface area contributed by atoms with E-state index in [1.165, 1.54) is 5.56 Å². The Labute approximate surface area is 117 Å². The summed E-state index contributed by atoms with van der Waals surface area (Å²) in [5, 5.41) is 0. The lowest BCUT2D eigenvalue weighted by Crippen LogP contribution is -2.34. The third-order valence-corrected chi connectivity index (χ3v) is 3.14. The van der Waals surface area contributed by atoms with Crippen molar-refractivity contribution < 1.29 is 4.39 Å². The average Bonchev–Trinajstić information content (AvgIpc) is 2.27. The molecule has 1 rings (SSSR count). The number of anilines is 1. The Balaban J connectivity index is 3.10. The lowest BCUT2D eigenvalue weighted by Gasteiger charge is -2.32. The van der Waals surface area contributed by atoms with E-state index in [1.807, 2.05) is 12.1 Å². The van der Waals surface area contributed by atoms with Gasteiger partial charge in [-0.25, -0.2) is 4.39 Å². The minimum absolute atomic E-state index is 0.109. The maximum Gasteiger partial charge on any atom is 0.146 e. The van der Waals surface area contributed by atoms with Crippen LogP contribution < -0.4 is 4.90 Å². The van der Waals surface area contributed by atoms with Crippen LogP contribution in [0.2, 0.25) is 0 Å². The molecule has 0 saturated heterocycles. The predicted octanol–water partition coefficient (Wildman–Crippen LogP) is 5.21. The van der Waals surface area contributed by atoms with Crippen molar-refractivity contribution in [3.05, 3.63) is 29.6 Å². The molecule has 0 aliphatic heterocycles. The lowest BCUT2D eigenvalue weighted by molar-refractivity contribution is 0.407. The third kappa shape index (κ3) is 4.85. The SMILES string of the molecule is CCCN(CC(C)(C)C)c1cc(C(C)C)ccc1F. The van der Waals surface area contributed by atoms with Gasteiger partial charge in [0.05, 0.1) is 5.69 Å². The van der Waals surface area contributed by atoms with Crippen molar-refractivity contribution in [2.75, 3.05) is 18.0 Å². The minimum atomic E-state index is -0.109. The van der Waals surface area contributed by atoms with Gasteiger partial charge in [0.1, 0.15) is 5.82 Å². The predicted molar refractivity (Wildman–Crippen MR) is 82.4 cm³/mol. The molecule has 0 saturated carbocycles. The highest BCUT2D eigenvalue weighted by Gasteiger charge is 2.19. The average molecular weight is 265 g/mol. The molecule has 0 bridgehead atoms. The molecule has 0 spiro atoms. The zero-order chi connectivity index (χ0) is 14.6. The number of benzene rings is 1. The molecule has 0 heterocycles. The van der Waals surface area contributed by atoms with Crippen LogP contribution in [0.1, 0.15) is 59.4 Å². The van der Waals surface area contributed by atoms with E-state index in [4.69, 9.17) is 0 Å². The highest BCUT2D eigenvalue weighted by molar-refractivity contribution is 5.51. The largest absolute Gasteiger partial charge is 0.369 e. The molecule has 0 aromatic heterocycles. The fourth-order valence-electron chi connectivity index (χ4n) is 2.26. The summed E-state index contributed by atoms with van der Waals surface area (Å²) >= 11 is 0. The van der Waals surface area contributed by atoms with Crippen molar-refractivity contribution in [3.8, 4) is 0 Å². The molecule has 19 heavy (non-hydrogen) atoms. The first-order chi connectivity index (χ1) is 8.74. The van der Waals surface area contributed by atoms with Gasteiger partial charge in [0, 0.05) is 13.1 Å². The summed E-state index contributed by atoms with van der Waals surface area (Å²) in [6.45, 7) is 14.8. The van der Waals surface area contributed by atoms with Crippen LogP contribution in [-0.2, 0) is 0 Å². The fraction of sp³-hybridized carbons (Fsp3) is 0.647. The van der Waals surface area contributed by atoms with E-state index in [1.54, 1.807) is 6.07 Å². The van der Waals surface area contributed by atoms with E-state index in [0.717, 1.165) is 25.2 Å². The Morgan fingerprint density at radius 3 is 2.32 bits per heavy atom. The molecule has 1 aromatic rings. The molecule has 0 aliphatic rings. The smallest absolute Gasteiger partial charge is 0.146 e. The molecular weight excluding hydrogens is 237 g/mol. The fourth-order valence-corrected chi connectivity index (χ4v) is 2.26. The van der Waals surface area contributed by atoms with E-state index in [-0.39, 0.29) is 11.2 Å². The molecule has 0 N–H and O–H groups in total. The molecule has 1 nitrogen and oxygen atoms in total. The highest BCUT2D eigenvalue weighted by Crippen LogP contribution is 2.28. The molecule has 0 aliphatic carbocycles.